The zero-order chi connectivity index (χ0) is 19.2. The van der Waals surface area contributed by atoms with Gasteiger partial charge in [0.1, 0.15) is 11.9 Å². The number of sulfonamides is 1. The lowest BCUT2D eigenvalue weighted by Gasteiger charge is -2.18. The smallest absolute Gasteiger partial charge is 0.229 e. The van der Waals surface area contributed by atoms with Gasteiger partial charge in [0.2, 0.25) is 10.0 Å². The third-order valence-corrected chi connectivity index (χ3v) is 4.61. The Morgan fingerprint density at radius 1 is 1.04 bits per heavy atom. The number of rotatable bonds is 9. The van der Waals surface area contributed by atoms with Crippen LogP contribution in [0.4, 0.5) is 5.69 Å². The third-order valence-electron chi connectivity index (χ3n) is 4.01. The van der Waals surface area contributed by atoms with E-state index in [4.69, 9.17) is 4.74 Å². The van der Waals surface area contributed by atoms with Crippen LogP contribution >= 0.6 is 12.4 Å². The lowest BCUT2D eigenvalue weighted by atomic mass is 10.1. The number of hydrogen-bond donors (Lipinski definition) is 2. The van der Waals surface area contributed by atoms with Gasteiger partial charge in [-0.1, -0.05) is 30.3 Å². The number of benzene rings is 2. The average Bonchev–Trinajstić information content (AvgIpc) is 2.55. The Morgan fingerprint density at radius 2 is 1.63 bits per heavy atom. The number of hydrogen-bond acceptors (Lipinski definition) is 4. The van der Waals surface area contributed by atoms with Crippen molar-refractivity contribution < 1.29 is 13.2 Å². The van der Waals surface area contributed by atoms with Crippen molar-refractivity contribution >= 4 is 28.1 Å². The van der Waals surface area contributed by atoms with Gasteiger partial charge < -0.3 is 10.1 Å². The summed E-state index contributed by atoms with van der Waals surface area (Å²) in [6.45, 7) is 7.78. The van der Waals surface area contributed by atoms with E-state index in [0.717, 1.165) is 48.2 Å². The van der Waals surface area contributed by atoms with E-state index in [1.807, 2.05) is 18.2 Å². The minimum atomic E-state index is -3.23. The first kappa shape index (κ1) is 23.3. The van der Waals surface area contributed by atoms with Crippen LogP contribution in [0.15, 0.2) is 42.5 Å². The fourth-order valence-electron chi connectivity index (χ4n) is 2.72. The van der Waals surface area contributed by atoms with E-state index in [0.29, 0.717) is 5.69 Å². The maximum absolute atomic E-state index is 11.2. The lowest BCUT2D eigenvalue weighted by molar-refractivity contribution is 0.215. The molecule has 2 rings (SSSR count). The van der Waals surface area contributed by atoms with Gasteiger partial charge in [-0.15, -0.1) is 12.4 Å². The lowest BCUT2D eigenvalue weighted by Crippen LogP contribution is -2.30. The Balaban J connectivity index is 0.00000364. The van der Waals surface area contributed by atoms with Crippen molar-refractivity contribution in [1.29, 1.82) is 0 Å². The maximum Gasteiger partial charge on any atom is 0.229 e. The Morgan fingerprint density at radius 3 is 2.19 bits per heavy atom. The molecule has 0 saturated carbocycles. The molecule has 0 aliphatic carbocycles. The van der Waals surface area contributed by atoms with E-state index in [-0.39, 0.29) is 18.5 Å². The average molecular weight is 413 g/mol. The van der Waals surface area contributed by atoms with E-state index in [1.54, 1.807) is 12.1 Å². The second kappa shape index (κ2) is 10.5. The van der Waals surface area contributed by atoms with E-state index >= 15 is 0 Å². The van der Waals surface area contributed by atoms with Crippen LogP contribution in [0, 0.1) is 13.8 Å². The first-order chi connectivity index (χ1) is 12.2. The second-order valence-corrected chi connectivity index (χ2v) is 8.42. The third kappa shape index (κ3) is 8.20. The standard InChI is InChI=1S/C20H28N2O3S.ClH/c1-15-6-5-7-16(2)20(15)25-17(3)14-21-13-12-18-8-10-19(11-9-18)22-26(4,23)24;/h5-11,17,21-22H,12-14H2,1-4H3;1H. The van der Waals surface area contributed by atoms with Gasteiger partial charge in [0.05, 0.1) is 6.26 Å². The van der Waals surface area contributed by atoms with Crippen molar-refractivity contribution in [3.8, 4) is 5.75 Å². The first-order valence-electron chi connectivity index (χ1n) is 8.75. The summed E-state index contributed by atoms with van der Waals surface area (Å²) in [5, 5.41) is 3.41. The summed E-state index contributed by atoms with van der Waals surface area (Å²) in [6, 6.07) is 13.6. The van der Waals surface area contributed by atoms with Gasteiger partial charge >= 0.3 is 0 Å². The molecular formula is C20H29ClN2O3S. The van der Waals surface area contributed by atoms with Gasteiger partial charge in [-0.05, 0) is 62.6 Å². The highest BCUT2D eigenvalue weighted by molar-refractivity contribution is 7.92. The SMILES string of the molecule is Cc1cccc(C)c1OC(C)CNCCc1ccc(NS(C)(=O)=O)cc1.Cl. The Hall–Kier alpha value is -1.76. The molecule has 2 N–H and O–H groups in total. The molecule has 5 nitrogen and oxygen atoms in total. The molecule has 0 aliphatic heterocycles. The van der Waals surface area contributed by atoms with E-state index in [1.165, 1.54) is 0 Å². The molecule has 0 aliphatic rings. The molecule has 0 heterocycles. The Kier molecular flexibility index (Phi) is 9.09. The van der Waals surface area contributed by atoms with Gasteiger partial charge in [0.25, 0.3) is 0 Å². The highest BCUT2D eigenvalue weighted by Gasteiger charge is 2.08. The van der Waals surface area contributed by atoms with Gasteiger partial charge in [0, 0.05) is 12.2 Å². The molecule has 150 valence electrons. The van der Waals surface area contributed by atoms with Crippen LogP contribution < -0.4 is 14.8 Å². The topological polar surface area (TPSA) is 67.4 Å². The zero-order valence-corrected chi connectivity index (χ0v) is 17.9. The normalized spacial score (nSPS) is 12.1. The summed E-state index contributed by atoms with van der Waals surface area (Å²) in [7, 11) is -3.23. The molecule has 0 aromatic heterocycles. The van der Waals surface area contributed by atoms with E-state index in [2.05, 4.69) is 42.9 Å². The Labute approximate surface area is 169 Å². The van der Waals surface area contributed by atoms with Gasteiger partial charge in [0.15, 0.2) is 0 Å². The van der Waals surface area contributed by atoms with Gasteiger partial charge in [-0.3, -0.25) is 4.72 Å². The molecule has 0 radical (unpaired) electrons. The minimum absolute atomic E-state index is 0. The molecule has 7 heteroatoms. The highest BCUT2D eigenvalue weighted by Crippen LogP contribution is 2.23. The first-order valence-corrected chi connectivity index (χ1v) is 10.6. The van der Waals surface area contributed by atoms with Crippen molar-refractivity contribution in [1.82, 2.24) is 5.32 Å². The van der Waals surface area contributed by atoms with E-state index < -0.39 is 10.0 Å². The van der Waals surface area contributed by atoms with Crippen molar-refractivity contribution in [3.63, 3.8) is 0 Å². The fourth-order valence-corrected chi connectivity index (χ4v) is 3.28. The number of aryl methyl sites for hydroxylation is 2. The Bertz CT molecular complexity index is 803. The number of ether oxygens (including phenoxy) is 1. The molecule has 2 aromatic carbocycles. The van der Waals surface area contributed by atoms with Crippen molar-refractivity contribution in [3.05, 3.63) is 59.2 Å². The van der Waals surface area contributed by atoms with Crippen LogP contribution in [-0.4, -0.2) is 33.9 Å². The molecule has 0 fully saturated rings. The van der Waals surface area contributed by atoms with Crippen LogP contribution in [0.5, 0.6) is 5.75 Å². The summed E-state index contributed by atoms with van der Waals surface area (Å²) in [4.78, 5) is 0. The van der Waals surface area contributed by atoms with Crippen LogP contribution in [0.25, 0.3) is 0 Å². The van der Waals surface area contributed by atoms with Crippen LogP contribution in [0.1, 0.15) is 23.6 Å². The van der Waals surface area contributed by atoms with Crippen LogP contribution in [-0.2, 0) is 16.4 Å². The summed E-state index contributed by atoms with van der Waals surface area (Å²) in [5.74, 6) is 0.968. The monoisotopic (exact) mass is 412 g/mol. The van der Waals surface area contributed by atoms with Crippen LogP contribution in [0.3, 0.4) is 0 Å². The predicted molar refractivity (Wildman–Crippen MR) is 115 cm³/mol. The number of halogens is 1. The maximum atomic E-state index is 11.2. The van der Waals surface area contributed by atoms with Gasteiger partial charge in [-0.2, -0.15) is 0 Å². The molecule has 0 spiro atoms. The van der Waals surface area contributed by atoms with E-state index in [9.17, 15) is 8.42 Å². The molecular weight excluding hydrogens is 384 g/mol. The van der Waals surface area contributed by atoms with Crippen molar-refractivity contribution in [2.45, 2.75) is 33.3 Å². The molecule has 1 unspecified atom stereocenters. The fraction of sp³-hybridized carbons (Fsp3) is 0.400. The molecule has 0 bridgehead atoms. The molecule has 2 aromatic rings. The number of nitrogens with one attached hydrogen (secondary N) is 2. The molecule has 27 heavy (non-hydrogen) atoms. The zero-order valence-electron chi connectivity index (χ0n) is 16.3. The largest absolute Gasteiger partial charge is 0.489 e. The molecule has 0 saturated heterocycles. The second-order valence-electron chi connectivity index (χ2n) is 6.67. The highest BCUT2D eigenvalue weighted by atomic mass is 35.5. The number of anilines is 1. The minimum Gasteiger partial charge on any atom is -0.489 e. The summed E-state index contributed by atoms with van der Waals surface area (Å²) in [5.41, 5.74) is 4.04. The quantitative estimate of drug-likeness (QED) is 0.616. The number of para-hydroxylation sites is 1. The summed E-state index contributed by atoms with van der Waals surface area (Å²) in [6.07, 6.45) is 2.10. The van der Waals surface area contributed by atoms with Gasteiger partial charge in [-0.25, -0.2) is 8.42 Å². The summed E-state index contributed by atoms with van der Waals surface area (Å²) >= 11 is 0. The van der Waals surface area contributed by atoms with Crippen molar-refractivity contribution in [2.75, 3.05) is 24.1 Å². The summed E-state index contributed by atoms with van der Waals surface area (Å²) < 4.78 is 30.9. The van der Waals surface area contributed by atoms with Crippen molar-refractivity contribution in [2.24, 2.45) is 0 Å². The predicted octanol–water partition coefficient (Wildman–Crippen LogP) is 3.70. The molecule has 0 amide bonds. The van der Waals surface area contributed by atoms with Crippen LogP contribution in [0.2, 0.25) is 0 Å². The molecule has 1 atom stereocenters.